The molecule has 0 aliphatic rings. The van der Waals surface area contributed by atoms with Crippen LogP contribution in [0.4, 0.5) is 0 Å². The quantitative estimate of drug-likeness (QED) is 0.843. The number of aromatic nitrogens is 4. The summed E-state index contributed by atoms with van der Waals surface area (Å²) in [6.07, 6.45) is 2.89. The van der Waals surface area contributed by atoms with Gasteiger partial charge in [0.2, 0.25) is 0 Å². The number of hydrogen-bond acceptors (Lipinski definition) is 4. The predicted octanol–water partition coefficient (Wildman–Crippen LogP) is 2.26. The summed E-state index contributed by atoms with van der Waals surface area (Å²) >= 11 is 4.83. The van der Waals surface area contributed by atoms with Crippen molar-refractivity contribution in [1.82, 2.24) is 20.0 Å². The third-order valence-corrected chi connectivity index (χ3v) is 3.26. The number of rotatable bonds is 2. The van der Waals surface area contributed by atoms with Gasteiger partial charge in [-0.05, 0) is 22.4 Å². The van der Waals surface area contributed by atoms with E-state index in [1.807, 2.05) is 17.9 Å². The molecule has 0 saturated heterocycles. The highest BCUT2D eigenvalue weighted by molar-refractivity contribution is 9.11. The topological polar surface area (TPSA) is 43.6 Å². The average Bonchev–Trinajstić information content (AvgIpc) is 2.71. The molecule has 0 saturated carbocycles. The molecule has 6 heteroatoms. The van der Waals surface area contributed by atoms with Gasteiger partial charge in [0, 0.05) is 13.2 Å². The van der Waals surface area contributed by atoms with Gasteiger partial charge in [-0.1, -0.05) is 18.3 Å². The second-order valence-electron chi connectivity index (χ2n) is 2.88. The molecule has 2 aromatic rings. The minimum atomic E-state index is 0.804. The number of halogens is 1. The van der Waals surface area contributed by atoms with Crippen LogP contribution in [-0.4, -0.2) is 20.0 Å². The van der Waals surface area contributed by atoms with Crippen molar-refractivity contribution < 1.29 is 0 Å². The summed E-state index contributed by atoms with van der Waals surface area (Å²) in [5, 5.41) is 13.3. The maximum atomic E-state index is 4.36. The first-order valence-corrected chi connectivity index (χ1v) is 5.83. The Hall–Kier alpha value is -0.750. The fraction of sp³-hybridized carbons (Fsp3) is 0.375. The van der Waals surface area contributed by atoms with E-state index < -0.39 is 0 Å². The van der Waals surface area contributed by atoms with Crippen LogP contribution in [0.5, 0.6) is 0 Å². The second-order valence-corrected chi connectivity index (χ2v) is 5.13. The zero-order valence-corrected chi connectivity index (χ0v) is 10.3. The molecule has 2 heterocycles. The molecule has 2 aromatic heterocycles. The summed E-state index contributed by atoms with van der Waals surface area (Å²) in [7, 11) is 1.92. The van der Waals surface area contributed by atoms with Gasteiger partial charge in [-0.2, -0.15) is 5.10 Å². The molecular weight excluding hydrogens is 264 g/mol. The van der Waals surface area contributed by atoms with Crippen molar-refractivity contribution in [2.24, 2.45) is 7.05 Å². The van der Waals surface area contributed by atoms with Crippen molar-refractivity contribution in [1.29, 1.82) is 0 Å². The Labute approximate surface area is 94.1 Å². The Morgan fingerprint density at radius 1 is 1.50 bits per heavy atom. The zero-order chi connectivity index (χ0) is 10.1. The zero-order valence-electron chi connectivity index (χ0n) is 7.86. The number of aryl methyl sites for hydroxylation is 2. The van der Waals surface area contributed by atoms with Crippen molar-refractivity contribution in [2.75, 3.05) is 0 Å². The molecule has 74 valence electrons. The van der Waals surface area contributed by atoms with Crippen LogP contribution >= 0.6 is 27.3 Å². The number of nitrogens with zero attached hydrogens (tertiary/aromatic N) is 4. The SMILES string of the molecule is CCc1nn(C)cc1-c1nnc(Br)s1. The molecule has 0 aromatic carbocycles. The van der Waals surface area contributed by atoms with E-state index >= 15 is 0 Å². The Bertz CT molecular complexity index is 448. The second kappa shape index (κ2) is 3.78. The van der Waals surface area contributed by atoms with E-state index in [9.17, 15) is 0 Å². The van der Waals surface area contributed by atoms with Crippen LogP contribution in [0.2, 0.25) is 0 Å². The minimum absolute atomic E-state index is 0.804. The molecule has 0 bridgehead atoms. The first-order chi connectivity index (χ1) is 6.70. The van der Waals surface area contributed by atoms with Crippen molar-refractivity contribution >= 4 is 27.3 Å². The first-order valence-electron chi connectivity index (χ1n) is 4.22. The highest BCUT2D eigenvalue weighted by Crippen LogP contribution is 2.28. The summed E-state index contributed by atoms with van der Waals surface area (Å²) in [6.45, 7) is 2.09. The Balaban J connectivity index is 2.49. The molecular formula is C8H9BrN4S. The van der Waals surface area contributed by atoms with Gasteiger partial charge in [0.25, 0.3) is 0 Å². The van der Waals surface area contributed by atoms with Crippen LogP contribution in [0.15, 0.2) is 10.1 Å². The normalized spacial score (nSPS) is 10.8. The van der Waals surface area contributed by atoms with E-state index in [1.165, 1.54) is 11.3 Å². The molecule has 0 spiro atoms. The van der Waals surface area contributed by atoms with Gasteiger partial charge in [-0.15, -0.1) is 10.2 Å². The van der Waals surface area contributed by atoms with Gasteiger partial charge >= 0.3 is 0 Å². The molecule has 0 atom stereocenters. The first kappa shape index (κ1) is 9.79. The van der Waals surface area contributed by atoms with Crippen LogP contribution in [0.3, 0.4) is 0 Å². The van der Waals surface area contributed by atoms with Crippen LogP contribution < -0.4 is 0 Å². The summed E-state index contributed by atoms with van der Waals surface area (Å²) in [5.74, 6) is 0. The van der Waals surface area contributed by atoms with Crippen molar-refractivity contribution in [2.45, 2.75) is 13.3 Å². The third-order valence-electron chi connectivity index (χ3n) is 1.87. The molecule has 0 aliphatic carbocycles. The maximum Gasteiger partial charge on any atom is 0.183 e. The summed E-state index contributed by atoms with van der Waals surface area (Å²) in [5.41, 5.74) is 2.15. The predicted molar refractivity (Wildman–Crippen MR) is 59.2 cm³/mol. The molecule has 4 nitrogen and oxygen atoms in total. The molecule has 0 aliphatic heterocycles. The summed E-state index contributed by atoms with van der Waals surface area (Å²) in [4.78, 5) is 0. The van der Waals surface area contributed by atoms with Gasteiger partial charge in [0.05, 0.1) is 11.3 Å². The highest BCUT2D eigenvalue weighted by atomic mass is 79.9. The van der Waals surface area contributed by atoms with E-state index in [2.05, 4.69) is 38.1 Å². The van der Waals surface area contributed by atoms with Gasteiger partial charge in [0.15, 0.2) is 8.92 Å². The van der Waals surface area contributed by atoms with Crippen molar-refractivity contribution in [3.8, 4) is 10.6 Å². The van der Waals surface area contributed by atoms with Crippen molar-refractivity contribution in [3.63, 3.8) is 0 Å². The largest absolute Gasteiger partial charge is 0.275 e. The van der Waals surface area contributed by atoms with Crippen LogP contribution in [0.1, 0.15) is 12.6 Å². The molecule has 0 N–H and O–H groups in total. The third kappa shape index (κ3) is 1.72. The van der Waals surface area contributed by atoms with Gasteiger partial charge < -0.3 is 0 Å². The lowest BCUT2D eigenvalue weighted by Gasteiger charge is -1.91. The fourth-order valence-electron chi connectivity index (χ4n) is 1.29. The van der Waals surface area contributed by atoms with Gasteiger partial charge in [-0.3, -0.25) is 4.68 Å². The van der Waals surface area contributed by atoms with Crippen molar-refractivity contribution in [3.05, 3.63) is 15.8 Å². The lowest BCUT2D eigenvalue weighted by molar-refractivity contribution is 0.746. The van der Waals surface area contributed by atoms with Crippen LogP contribution in [0.25, 0.3) is 10.6 Å². The van der Waals surface area contributed by atoms with E-state index in [-0.39, 0.29) is 0 Å². The van der Waals surface area contributed by atoms with Gasteiger partial charge in [0.1, 0.15) is 0 Å². The lowest BCUT2D eigenvalue weighted by Crippen LogP contribution is -1.89. The fourth-order valence-corrected chi connectivity index (χ4v) is 2.43. The molecule has 2 rings (SSSR count). The Kier molecular flexibility index (Phi) is 2.64. The number of hydrogen-bond donors (Lipinski definition) is 0. The summed E-state index contributed by atoms with van der Waals surface area (Å²) in [6, 6.07) is 0. The van der Waals surface area contributed by atoms with Crippen LogP contribution in [0, 0.1) is 0 Å². The van der Waals surface area contributed by atoms with E-state index in [0.717, 1.165) is 26.6 Å². The minimum Gasteiger partial charge on any atom is -0.275 e. The van der Waals surface area contributed by atoms with E-state index in [0.29, 0.717) is 0 Å². The maximum absolute atomic E-state index is 4.36. The monoisotopic (exact) mass is 272 g/mol. The summed E-state index contributed by atoms with van der Waals surface area (Å²) < 4.78 is 2.61. The molecule has 0 unspecified atom stereocenters. The smallest absolute Gasteiger partial charge is 0.183 e. The highest BCUT2D eigenvalue weighted by Gasteiger charge is 2.12. The molecule has 14 heavy (non-hydrogen) atoms. The van der Waals surface area contributed by atoms with E-state index in [1.54, 1.807) is 0 Å². The van der Waals surface area contributed by atoms with Gasteiger partial charge in [-0.25, -0.2) is 0 Å². The Morgan fingerprint density at radius 3 is 2.86 bits per heavy atom. The lowest BCUT2D eigenvalue weighted by atomic mass is 10.2. The molecule has 0 radical (unpaired) electrons. The Morgan fingerprint density at radius 2 is 2.29 bits per heavy atom. The molecule has 0 amide bonds. The standard InChI is InChI=1S/C8H9BrN4S/c1-3-6-5(4-13(2)12-6)7-10-11-8(9)14-7/h4H,3H2,1-2H3. The average molecular weight is 273 g/mol. The van der Waals surface area contributed by atoms with Crippen LogP contribution in [-0.2, 0) is 13.5 Å². The van der Waals surface area contributed by atoms with E-state index in [4.69, 9.17) is 0 Å². The molecule has 0 fully saturated rings.